The fourth-order valence-corrected chi connectivity index (χ4v) is 7.45. The van der Waals surface area contributed by atoms with Gasteiger partial charge in [0.25, 0.3) is 0 Å². The number of fused-ring (bicyclic) bond motifs is 2. The van der Waals surface area contributed by atoms with Gasteiger partial charge in [0.1, 0.15) is 24.4 Å². The Balaban J connectivity index is 1.67. The van der Waals surface area contributed by atoms with E-state index >= 15 is 0 Å². The molecule has 0 saturated heterocycles. The minimum atomic E-state index is -1.65. The van der Waals surface area contributed by atoms with Crippen LogP contribution in [0, 0.1) is 37.9 Å². The largest absolute Gasteiger partial charge is 0.550 e. The van der Waals surface area contributed by atoms with E-state index in [2.05, 4.69) is 97.6 Å². The lowest BCUT2D eigenvalue weighted by molar-refractivity contribution is -0.254. The lowest BCUT2D eigenvalue weighted by Crippen LogP contribution is -2.31. The van der Waals surface area contributed by atoms with Gasteiger partial charge in [0.2, 0.25) is 5.36 Å². The molecule has 0 unspecified atom stereocenters. The number of rotatable bonds is 12. The summed E-state index contributed by atoms with van der Waals surface area (Å²) in [5, 5.41) is 14.2. The van der Waals surface area contributed by atoms with Crippen molar-refractivity contribution in [2.45, 2.75) is 54.0 Å². The molecule has 5 rings (SSSR count). The maximum absolute atomic E-state index is 12.3. The van der Waals surface area contributed by atoms with Gasteiger partial charge in [-0.3, -0.25) is 0 Å². The van der Waals surface area contributed by atoms with Gasteiger partial charge in [0, 0.05) is 78.4 Å². The number of carbonyl (C=O) groups excluding carboxylic acids is 1. The number of carbonyl (C=O) groups is 1. The molecule has 1 heterocycles. The Morgan fingerprint density at radius 1 is 0.898 bits per heavy atom. The Hall–Kier alpha value is -5.44. The first-order valence-corrected chi connectivity index (χ1v) is 18.1. The van der Waals surface area contributed by atoms with Gasteiger partial charge in [-0.25, -0.2) is 4.58 Å². The van der Waals surface area contributed by atoms with Crippen LogP contribution in [-0.2, 0) is 8.85 Å². The summed E-state index contributed by atoms with van der Waals surface area (Å²) in [6.45, 7) is 14.3. The number of carboxylic acid groups (broad SMARTS) is 1. The van der Waals surface area contributed by atoms with E-state index in [-0.39, 0.29) is 5.56 Å². The van der Waals surface area contributed by atoms with Crippen LogP contribution < -0.4 is 19.9 Å². The van der Waals surface area contributed by atoms with Gasteiger partial charge in [-0.2, -0.15) is 0 Å². The van der Waals surface area contributed by atoms with Crippen LogP contribution >= 0.6 is 0 Å². The molecule has 0 N–H and O–H groups in total. The average Bonchev–Trinajstić information content (AvgIpc) is 3.11. The number of hydrogen-bond acceptors (Lipinski definition) is 6. The Morgan fingerprint density at radius 3 is 2.27 bits per heavy atom. The highest BCUT2D eigenvalue weighted by atomic mass is 28.3. The predicted octanol–water partition coefficient (Wildman–Crippen LogP) is 7.01. The zero-order valence-electron chi connectivity index (χ0n) is 29.0. The van der Waals surface area contributed by atoms with Gasteiger partial charge in [0.05, 0.1) is 24.2 Å². The number of carboxylic acids is 1. The van der Waals surface area contributed by atoms with Crippen LogP contribution in [-0.4, -0.2) is 34.9 Å². The topological polar surface area (TPSA) is 78.0 Å². The van der Waals surface area contributed by atoms with Crippen molar-refractivity contribution in [3.63, 3.8) is 0 Å². The molecular formula is C41H41N2O5Si. The fraction of sp³-hybridized carbons (Fsp3) is 0.268. The highest BCUT2D eigenvalue weighted by Gasteiger charge is 2.23. The third kappa shape index (κ3) is 7.67. The number of aromatic carboxylic acids is 1. The normalized spacial score (nSPS) is 11.4. The van der Waals surface area contributed by atoms with E-state index in [1.807, 2.05) is 30.3 Å². The summed E-state index contributed by atoms with van der Waals surface area (Å²) in [4.78, 5) is 14.6. The van der Waals surface area contributed by atoms with Crippen molar-refractivity contribution in [3.8, 4) is 46.5 Å². The lowest BCUT2D eigenvalue weighted by Gasteiger charge is -2.27. The van der Waals surface area contributed by atoms with Crippen LogP contribution in [0.25, 0.3) is 33.4 Å². The smallest absolute Gasteiger partial charge is 0.545 e. The summed E-state index contributed by atoms with van der Waals surface area (Å²) in [5.74, 6) is 4.95. The third-order valence-corrected chi connectivity index (χ3v) is 9.95. The van der Waals surface area contributed by atoms with Crippen LogP contribution in [0.1, 0.15) is 55.6 Å². The third-order valence-electron chi connectivity index (χ3n) is 8.53. The van der Waals surface area contributed by atoms with Crippen molar-refractivity contribution >= 4 is 37.6 Å². The number of anilines is 2. The molecule has 7 nitrogen and oxygen atoms in total. The van der Waals surface area contributed by atoms with Crippen molar-refractivity contribution in [3.05, 3.63) is 101 Å². The second kappa shape index (κ2) is 16.1. The summed E-state index contributed by atoms with van der Waals surface area (Å²) in [5.41, 5.74) is 7.52. The molecule has 1 aliphatic heterocycles. The molecule has 0 amide bonds. The quantitative estimate of drug-likeness (QED) is 0.0616. The Bertz CT molecular complexity index is 2100. The van der Waals surface area contributed by atoms with Crippen molar-refractivity contribution in [1.82, 2.24) is 4.58 Å². The number of para-hydroxylation sites is 1. The molecule has 0 spiro atoms. The second-order valence-corrected chi connectivity index (χ2v) is 13.3. The molecule has 49 heavy (non-hydrogen) atoms. The number of aryl methyl sites for hydroxylation is 2. The van der Waals surface area contributed by atoms with E-state index in [1.54, 1.807) is 26.0 Å². The summed E-state index contributed by atoms with van der Waals surface area (Å²) in [6.07, 6.45) is 6.16. The SMILES string of the molecule is CC#CO[Si](CCC[N+](CC)=c1ccc2c(-c3ccccc3C(=O)[O-])c3ccc(N(CC)c4c(C)cccc4C)cc3oc-2c1)OC#CC. The summed E-state index contributed by atoms with van der Waals surface area (Å²) < 4.78 is 20.2. The number of nitrogens with zero attached hydrogens (tertiary/aromatic N) is 2. The van der Waals surface area contributed by atoms with Crippen LogP contribution in [0.5, 0.6) is 0 Å². The van der Waals surface area contributed by atoms with Crippen molar-refractivity contribution in [1.29, 1.82) is 0 Å². The van der Waals surface area contributed by atoms with E-state index in [4.69, 9.17) is 13.3 Å². The second-order valence-electron chi connectivity index (χ2n) is 11.6. The predicted molar refractivity (Wildman–Crippen MR) is 196 cm³/mol. The highest BCUT2D eigenvalue weighted by Crippen LogP contribution is 2.43. The standard InChI is InChI=1S/C41H41N2O5Si/c1-7-24-46-49(47-25-8-2)26-14-23-42(9-3)31-19-21-35-37(27-31)48-38-28-32(43(10-4)40-29(5)15-13-16-30(40)6)20-22-36(38)39(35)33-17-11-12-18-34(33)41(44)45/h11-13,15-22,27-28H,9-10,14,23,26H2,1-6H3. The molecule has 0 atom stereocenters. The zero-order valence-corrected chi connectivity index (χ0v) is 30.0. The van der Waals surface area contributed by atoms with E-state index in [0.29, 0.717) is 23.0 Å². The molecule has 2 aliphatic rings. The molecule has 1 radical (unpaired) electrons. The first kappa shape index (κ1) is 34.9. The fourth-order valence-electron chi connectivity index (χ4n) is 6.33. The molecule has 0 fully saturated rings. The van der Waals surface area contributed by atoms with Crippen molar-refractivity contribution in [2.75, 3.05) is 24.5 Å². The average molecular weight is 670 g/mol. The molecule has 8 heteroatoms. The van der Waals surface area contributed by atoms with Gasteiger partial charge in [-0.1, -0.05) is 54.3 Å². The van der Waals surface area contributed by atoms with E-state index in [1.165, 1.54) is 11.1 Å². The lowest BCUT2D eigenvalue weighted by atomic mass is 9.90. The van der Waals surface area contributed by atoms with E-state index in [9.17, 15) is 9.90 Å². The van der Waals surface area contributed by atoms with Gasteiger partial charge >= 0.3 is 9.28 Å². The first-order chi connectivity index (χ1) is 23.8. The monoisotopic (exact) mass is 669 g/mol. The maximum Gasteiger partial charge on any atom is 0.550 e. The molecule has 3 aromatic carbocycles. The maximum atomic E-state index is 12.3. The Kier molecular flexibility index (Phi) is 11.5. The van der Waals surface area contributed by atoms with Crippen LogP contribution in [0.15, 0.2) is 83.3 Å². The minimum absolute atomic E-state index is 0.132. The van der Waals surface area contributed by atoms with Gasteiger partial charge in [0.15, 0.2) is 0 Å². The molecule has 1 aliphatic carbocycles. The number of benzene rings is 4. The summed E-state index contributed by atoms with van der Waals surface area (Å²) >= 11 is 0. The number of hydrogen-bond donors (Lipinski definition) is 0. The molecule has 0 saturated carbocycles. The van der Waals surface area contributed by atoms with Gasteiger partial charge in [-0.05, 0) is 62.6 Å². The van der Waals surface area contributed by atoms with E-state index in [0.717, 1.165) is 59.3 Å². The van der Waals surface area contributed by atoms with Gasteiger partial charge in [-0.15, -0.1) is 0 Å². The Morgan fingerprint density at radius 2 is 1.61 bits per heavy atom. The van der Waals surface area contributed by atoms with Gasteiger partial charge < -0.3 is 28.1 Å². The zero-order chi connectivity index (χ0) is 34.9. The molecule has 0 aromatic heterocycles. The molecule has 3 aromatic rings. The first-order valence-electron chi connectivity index (χ1n) is 16.6. The summed E-state index contributed by atoms with van der Waals surface area (Å²) in [6, 6.07) is 26.4. The summed E-state index contributed by atoms with van der Waals surface area (Å²) in [7, 11) is -1.65. The van der Waals surface area contributed by atoms with E-state index < -0.39 is 15.3 Å². The van der Waals surface area contributed by atoms with Crippen LogP contribution in [0.2, 0.25) is 6.04 Å². The minimum Gasteiger partial charge on any atom is -0.545 e. The van der Waals surface area contributed by atoms with Crippen molar-refractivity contribution in [2.24, 2.45) is 0 Å². The van der Waals surface area contributed by atoms with Crippen molar-refractivity contribution < 1.29 is 23.2 Å². The van der Waals surface area contributed by atoms with Crippen LogP contribution in [0.3, 0.4) is 0 Å². The Labute approximate surface area is 290 Å². The molecule has 0 bridgehead atoms. The van der Waals surface area contributed by atoms with Crippen LogP contribution in [0.4, 0.5) is 11.4 Å². The molecular weight excluding hydrogens is 629 g/mol. The highest BCUT2D eigenvalue weighted by molar-refractivity contribution is 6.45. The molecule has 249 valence electrons.